The van der Waals surface area contributed by atoms with Gasteiger partial charge in [0.25, 0.3) is 11.8 Å². The molecule has 2 heterocycles. The van der Waals surface area contributed by atoms with Crippen LogP contribution in [0.4, 0.5) is 0 Å². The fourth-order valence-corrected chi connectivity index (χ4v) is 6.26. The largest absolute Gasteiger partial charge is 0.458 e. The molecule has 15 heteroatoms. The van der Waals surface area contributed by atoms with Gasteiger partial charge in [0, 0.05) is 61.1 Å². The fraction of sp³-hybridized carbons (Fsp3) is 0.595. The first-order chi connectivity index (χ1) is 24.0. The monoisotopic (exact) mass is 744 g/mol. The van der Waals surface area contributed by atoms with Gasteiger partial charge >= 0.3 is 5.97 Å². The smallest absolute Gasteiger partial charge is 0.329 e. The zero-order chi connectivity index (χ0) is 39.6. The Morgan fingerprint density at radius 2 is 1.58 bits per heavy atom. The van der Waals surface area contributed by atoms with Crippen molar-refractivity contribution in [2.75, 3.05) is 33.7 Å². The number of amides is 6. The Labute approximate surface area is 311 Å². The molecule has 14 nitrogen and oxygen atoms in total. The molecule has 0 aliphatic carbocycles. The molecule has 1 aliphatic rings. The third-order valence-electron chi connectivity index (χ3n) is 8.45. The van der Waals surface area contributed by atoms with E-state index in [0.717, 1.165) is 21.9 Å². The maximum atomic E-state index is 13.8. The van der Waals surface area contributed by atoms with E-state index in [0.29, 0.717) is 0 Å². The number of carbonyl (C=O) groups excluding carboxylic acids is 7. The van der Waals surface area contributed by atoms with Gasteiger partial charge in [-0.15, -0.1) is 11.3 Å². The van der Waals surface area contributed by atoms with Crippen molar-refractivity contribution in [1.82, 2.24) is 31.1 Å². The Kier molecular flexibility index (Phi) is 15.5. The van der Waals surface area contributed by atoms with Gasteiger partial charge < -0.3 is 30.9 Å². The molecule has 6 amide bonds. The van der Waals surface area contributed by atoms with Crippen LogP contribution in [-0.4, -0.2) is 109 Å². The summed E-state index contributed by atoms with van der Waals surface area (Å²) in [5, 5.41) is 13.3. The first-order valence-corrected chi connectivity index (χ1v) is 18.1. The maximum Gasteiger partial charge on any atom is 0.329 e. The van der Waals surface area contributed by atoms with Crippen LogP contribution >= 0.6 is 11.3 Å². The minimum absolute atomic E-state index is 0.00329. The van der Waals surface area contributed by atoms with Crippen LogP contribution in [0.2, 0.25) is 0 Å². The van der Waals surface area contributed by atoms with Crippen molar-refractivity contribution in [3.63, 3.8) is 0 Å². The van der Waals surface area contributed by atoms with Gasteiger partial charge in [-0.05, 0) is 58.0 Å². The minimum Gasteiger partial charge on any atom is -0.458 e. The van der Waals surface area contributed by atoms with Crippen LogP contribution < -0.4 is 21.3 Å². The second-order valence-corrected chi connectivity index (χ2v) is 16.4. The van der Waals surface area contributed by atoms with Crippen LogP contribution in [0.3, 0.4) is 0 Å². The van der Waals surface area contributed by atoms with Gasteiger partial charge in [-0.1, -0.05) is 46.8 Å². The Morgan fingerprint density at radius 1 is 0.962 bits per heavy atom. The summed E-state index contributed by atoms with van der Waals surface area (Å²) in [6.45, 7) is 16.2. The number of esters is 1. The number of nitrogens with one attached hydrogen (secondary N) is 4. The zero-order valence-electron chi connectivity index (χ0n) is 32.3. The van der Waals surface area contributed by atoms with Crippen LogP contribution in [0.25, 0.3) is 0 Å². The van der Waals surface area contributed by atoms with E-state index in [-0.39, 0.29) is 49.9 Å². The summed E-state index contributed by atoms with van der Waals surface area (Å²) < 4.78 is 5.49. The molecule has 0 saturated heterocycles. The molecular formula is C37H56N6O8S. The predicted octanol–water partition coefficient (Wildman–Crippen LogP) is 2.20. The molecule has 3 atom stereocenters. The molecular weight excluding hydrogens is 689 g/mol. The van der Waals surface area contributed by atoms with E-state index in [1.54, 1.807) is 52.3 Å². The van der Waals surface area contributed by atoms with E-state index in [4.69, 9.17) is 4.74 Å². The van der Waals surface area contributed by atoms with Gasteiger partial charge in [-0.3, -0.25) is 33.7 Å². The van der Waals surface area contributed by atoms with E-state index >= 15 is 0 Å². The Bertz CT molecular complexity index is 1520. The van der Waals surface area contributed by atoms with Crippen LogP contribution in [0.5, 0.6) is 0 Å². The maximum absolute atomic E-state index is 13.8. The highest BCUT2D eigenvalue weighted by Gasteiger charge is 2.41. The lowest BCUT2D eigenvalue weighted by molar-refractivity contribution is -0.158. The van der Waals surface area contributed by atoms with Crippen molar-refractivity contribution in [1.29, 1.82) is 0 Å². The molecule has 0 spiro atoms. The summed E-state index contributed by atoms with van der Waals surface area (Å²) in [7, 11) is 3.29. The molecule has 0 bridgehead atoms. The molecule has 0 fully saturated rings. The third-order valence-corrected chi connectivity index (χ3v) is 9.66. The highest BCUT2D eigenvalue weighted by Crippen LogP contribution is 2.31. The highest BCUT2D eigenvalue weighted by molar-refractivity contribution is 7.10. The molecule has 1 aromatic rings. The van der Waals surface area contributed by atoms with Gasteiger partial charge in [0.05, 0.1) is 6.04 Å². The minimum atomic E-state index is -1.16. The Morgan fingerprint density at radius 3 is 2.10 bits per heavy atom. The standard InChI is InChI=1S/C37H56N6O8S/c1-23(18-20-42(11)33(49)30(35(2,3)4)41-32(48)29(38-10)37(8,9)25-13-12-22-52-25)31(47)40-24(34(50)51-36(5,6)7)14-15-26(44)39-19-21-43-27(45)16-17-28(43)46/h12-13,16-18,22,24,29-30,38H,14-15,19-21H2,1-11H3,(H,39,44)(H,40,47)(H,41,48)/b23-18+/t24-,29-,30?/m1/s1. The fourth-order valence-electron chi connectivity index (χ4n) is 5.37. The van der Waals surface area contributed by atoms with E-state index in [9.17, 15) is 33.6 Å². The molecule has 52 heavy (non-hydrogen) atoms. The first kappa shape index (κ1) is 43.8. The van der Waals surface area contributed by atoms with Crippen molar-refractivity contribution in [2.45, 2.75) is 104 Å². The average molecular weight is 745 g/mol. The summed E-state index contributed by atoms with van der Waals surface area (Å²) >= 11 is 1.56. The number of thiophene rings is 1. The number of hydrogen-bond acceptors (Lipinski definition) is 10. The quantitative estimate of drug-likeness (QED) is 0.106. The molecule has 0 radical (unpaired) electrons. The van der Waals surface area contributed by atoms with Crippen molar-refractivity contribution in [2.24, 2.45) is 5.41 Å². The van der Waals surface area contributed by atoms with Crippen LogP contribution in [-0.2, 0) is 43.7 Å². The van der Waals surface area contributed by atoms with E-state index in [2.05, 4.69) is 21.3 Å². The first-order valence-electron chi connectivity index (χ1n) is 17.3. The molecule has 1 aromatic heterocycles. The van der Waals surface area contributed by atoms with E-state index < -0.39 is 64.2 Å². The summed E-state index contributed by atoms with van der Waals surface area (Å²) in [5.74, 6) is -3.34. The summed E-state index contributed by atoms with van der Waals surface area (Å²) in [6, 6.07) is 1.25. The molecule has 0 aromatic carbocycles. The number of hydrogen-bond donors (Lipinski definition) is 4. The van der Waals surface area contributed by atoms with E-state index in [1.807, 2.05) is 52.1 Å². The lowest BCUT2D eigenvalue weighted by Crippen LogP contribution is -2.60. The topological polar surface area (TPSA) is 183 Å². The normalized spacial score (nSPS) is 15.5. The third kappa shape index (κ3) is 12.7. The van der Waals surface area contributed by atoms with Gasteiger partial charge in [0.2, 0.25) is 23.6 Å². The van der Waals surface area contributed by atoms with Gasteiger partial charge in [-0.2, -0.15) is 0 Å². The van der Waals surface area contributed by atoms with Crippen molar-refractivity contribution in [3.05, 3.63) is 46.2 Å². The summed E-state index contributed by atoms with van der Waals surface area (Å²) in [4.78, 5) is 93.1. The Hall–Kier alpha value is -4.37. The number of imide groups is 1. The summed E-state index contributed by atoms with van der Waals surface area (Å²) in [6.07, 6.45) is 3.62. The molecule has 288 valence electrons. The summed E-state index contributed by atoms with van der Waals surface area (Å²) in [5.41, 5.74) is -1.83. The van der Waals surface area contributed by atoms with Crippen LogP contribution in [0.15, 0.2) is 41.3 Å². The molecule has 0 saturated carbocycles. The highest BCUT2D eigenvalue weighted by atomic mass is 32.1. The number of ether oxygens (including phenoxy) is 1. The lowest BCUT2D eigenvalue weighted by Gasteiger charge is -2.37. The van der Waals surface area contributed by atoms with Crippen LogP contribution in [0, 0.1) is 5.41 Å². The second kappa shape index (κ2) is 18.4. The number of likely N-dealkylation sites (N-methyl/N-ethyl adjacent to an activating group) is 2. The Balaban J connectivity index is 2.08. The van der Waals surface area contributed by atoms with Crippen molar-refractivity contribution >= 4 is 52.7 Å². The van der Waals surface area contributed by atoms with Gasteiger partial charge in [0.1, 0.15) is 17.7 Å². The van der Waals surface area contributed by atoms with Gasteiger partial charge in [0.15, 0.2) is 0 Å². The zero-order valence-corrected chi connectivity index (χ0v) is 33.1. The predicted molar refractivity (Wildman–Crippen MR) is 199 cm³/mol. The molecule has 2 rings (SSSR count). The van der Waals surface area contributed by atoms with E-state index in [1.165, 1.54) is 11.8 Å². The second-order valence-electron chi connectivity index (χ2n) is 15.4. The van der Waals surface area contributed by atoms with Crippen molar-refractivity contribution < 1.29 is 38.3 Å². The number of nitrogens with zero attached hydrogens (tertiary/aromatic N) is 2. The lowest BCUT2D eigenvalue weighted by atomic mass is 9.81. The molecule has 1 unspecified atom stereocenters. The van der Waals surface area contributed by atoms with Crippen LogP contribution in [0.1, 0.15) is 80.0 Å². The molecule has 4 N–H and O–H groups in total. The number of rotatable bonds is 17. The van der Waals surface area contributed by atoms with Crippen molar-refractivity contribution in [3.8, 4) is 0 Å². The number of carbonyl (C=O) groups is 7. The van der Waals surface area contributed by atoms with Gasteiger partial charge in [-0.25, -0.2) is 4.79 Å². The SMILES string of the molecule is CN[C@H](C(=O)NC(C(=O)N(C)C/C=C(\C)C(=O)N[C@H](CCC(=O)NCCN1C(=O)C=CC1=O)C(=O)OC(C)(C)C)C(C)(C)C)C(C)(C)c1cccs1. The molecule has 1 aliphatic heterocycles. The average Bonchev–Trinajstić information content (AvgIpc) is 3.69.